The van der Waals surface area contributed by atoms with Gasteiger partial charge in [-0.1, -0.05) is 23.9 Å². The van der Waals surface area contributed by atoms with Crippen molar-refractivity contribution >= 4 is 22.8 Å². The molecule has 122 valence electrons. The van der Waals surface area contributed by atoms with Crippen molar-refractivity contribution in [3.8, 4) is 0 Å². The van der Waals surface area contributed by atoms with Gasteiger partial charge in [-0.15, -0.1) is 6.58 Å². The van der Waals surface area contributed by atoms with Crippen LogP contribution in [0.2, 0.25) is 0 Å². The number of hydrogen-bond acceptors (Lipinski definition) is 6. The summed E-state index contributed by atoms with van der Waals surface area (Å²) in [7, 11) is 0. The van der Waals surface area contributed by atoms with Gasteiger partial charge >= 0.3 is 0 Å². The van der Waals surface area contributed by atoms with Gasteiger partial charge in [-0.25, -0.2) is 4.79 Å². The highest BCUT2D eigenvalue weighted by Gasteiger charge is 2.39. The van der Waals surface area contributed by atoms with Gasteiger partial charge in [0.1, 0.15) is 5.94 Å². The standard InChI is InChI=1S/C17H20N2O3S/c1-3-10-22-19-11-17(23-13(2)21)15(12-20)16(19)8-7-14-6-4-5-9-18-14/h3-6,9,16-17H,1,7-8,10-11H2,2H3/t16-,17-/m1/s1. The Kier molecular flexibility index (Phi) is 6.74. The molecular formula is C17H20N2O3S. The molecule has 0 bridgehead atoms. The van der Waals surface area contributed by atoms with Crippen LogP contribution in [0.4, 0.5) is 0 Å². The molecule has 1 fully saturated rings. The largest absolute Gasteiger partial charge is 0.294 e. The van der Waals surface area contributed by atoms with Crippen molar-refractivity contribution in [1.82, 2.24) is 10.0 Å². The van der Waals surface area contributed by atoms with Crippen molar-refractivity contribution in [2.45, 2.75) is 31.1 Å². The van der Waals surface area contributed by atoms with Gasteiger partial charge in [-0.3, -0.25) is 14.6 Å². The van der Waals surface area contributed by atoms with E-state index < -0.39 is 0 Å². The maximum Gasteiger partial charge on any atom is 0.186 e. The summed E-state index contributed by atoms with van der Waals surface area (Å²) in [6, 6.07) is 5.57. The van der Waals surface area contributed by atoms with Gasteiger partial charge in [0, 0.05) is 30.9 Å². The fourth-order valence-corrected chi connectivity index (χ4v) is 3.57. The third-order valence-electron chi connectivity index (χ3n) is 3.58. The average Bonchev–Trinajstić information content (AvgIpc) is 2.87. The van der Waals surface area contributed by atoms with Crippen molar-refractivity contribution in [3.63, 3.8) is 0 Å². The minimum absolute atomic E-state index is 0.0169. The van der Waals surface area contributed by atoms with E-state index in [1.807, 2.05) is 24.1 Å². The number of carbonyl (C=O) groups excluding carboxylic acids is 2. The molecule has 1 aliphatic rings. The molecule has 1 aromatic rings. The molecule has 0 spiro atoms. The van der Waals surface area contributed by atoms with Crippen LogP contribution in [0.5, 0.6) is 0 Å². The Balaban J connectivity index is 2.11. The molecule has 0 N–H and O–H groups in total. The Labute approximate surface area is 140 Å². The summed E-state index contributed by atoms with van der Waals surface area (Å²) in [5, 5.41) is 1.55. The summed E-state index contributed by atoms with van der Waals surface area (Å²) in [6.07, 6.45) is 4.82. The number of aryl methyl sites for hydroxylation is 1. The molecule has 1 aliphatic heterocycles. The average molecular weight is 332 g/mol. The quantitative estimate of drug-likeness (QED) is 0.564. The molecule has 6 heteroatoms. The Hall–Kier alpha value is -1.72. The van der Waals surface area contributed by atoms with Crippen LogP contribution in [0.1, 0.15) is 19.0 Å². The predicted octanol–water partition coefficient (Wildman–Crippen LogP) is 2.22. The second kappa shape index (κ2) is 8.79. The number of rotatable bonds is 7. The van der Waals surface area contributed by atoms with Crippen LogP contribution < -0.4 is 0 Å². The lowest BCUT2D eigenvalue weighted by Gasteiger charge is -2.22. The molecule has 5 nitrogen and oxygen atoms in total. The van der Waals surface area contributed by atoms with E-state index in [0.717, 1.165) is 23.9 Å². The van der Waals surface area contributed by atoms with Gasteiger partial charge in [-0.05, 0) is 25.0 Å². The van der Waals surface area contributed by atoms with Crippen molar-refractivity contribution in [1.29, 1.82) is 0 Å². The van der Waals surface area contributed by atoms with Crippen molar-refractivity contribution in [2.24, 2.45) is 0 Å². The van der Waals surface area contributed by atoms with Gasteiger partial charge < -0.3 is 0 Å². The first-order valence-electron chi connectivity index (χ1n) is 7.48. The van der Waals surface area contributed by atoms with Gasteiger partial charge in [0.15, 0.2) is 5.12 Å². The molecule has 0 aromatic carbocycles. The molecule has 0 radical (unpaired) electrons. The topological polar surface area (TPSA) is 59.5 Å². The van der Waals surface area contributed by atoms with E-state index in [2.05, 4.69) is 11.6 Å². The summed E-state index contributed by atoms with van der Waals surface area (Å²) in [4.78, 5) is 32.8. The Bertz CT molecular complexity index is 599. The van der Waals surface area contributed by atoms with Crippen molar-refractivity contribution < 1.29 is 14.4 Å². The first-order valence-corrected chi connectivity index (χ1v) is 8.36. The third kappa shape index (κ3) is 4.88. The van der Waals surface area contributed by atoms with Gasteiger partial charge in [0.05, 0.1) is 17.9 Å². The van der Waals surface area contributed by atoms with Crippen LogP contribution in [0.25, 0.3) is 0 Å². The monoisotopic (exact) mass is 332 g/mol. The summed E-state index contributed by atoms with van der Waals surface area (Å²) in [6.45, 7) is 6.01. The lowest BCUT2D eigenvalue weighted by Crippen LogP contribution is -2.31. The molecule has 0 amide bonds. The molecule has 0 aliphatic carbocycles. The molecule has 1 saturated heterocycles. The van der Waals surface area contributed by atoms with E-state index in [1.54, 1.807) is 17.3 Å². The zero-order valence-electron chi connectivity index (χ0n) is 13.1. The van der Waals surface area contributed by atoms with Gasteiger partial charge in [0.2, 0.25) is 0 Å². The van der Waals surface area contributed by atoms with E-state index in [1.165, 1.54) is 6.92 Å². The molecule has 2 atom stereocenters. The van der Waals surface area contributed by atoms with Crippen molar-refractivity contribution in [2.75, 3.05) is 13.2 Å². The molecule has 2 rings (SSSR count). The number of thioether (sulfide) groups is 1. The number of hydroxylamine groups is 2. The van der Waals surface area contributed by atoms with E-state index in [0.29, 0.717) is 25.1 Å². The van der Waals surface area contributed by atoms with Crippen LogP contribution >= 0.6 is 11.8 Å². The van der Waals surface area contributed by atoms with Crippen LogP contribution in [-0.2, 0) is 20.8 Å². The van der Waals surface area contributed by atoms with Crippen LogP contribution in [-0.4, -0.2) is 45.5 Å². The van der Waals surface area contributed by atoms with E-state index >= 15 is 0 Å². The molecule has 2 heterocycles. The predicted molar refractivity (Wildman–Crippen MR) is 90.5 cm³/mol. The summed E-state index contributed by atoms with van der Waals surface area (Å²) in [5.74, 6) is 2.04. The lowest BCUT2D eigenvalue weighted by atomic mass is 10.0. The SMILES string of the molecule is C=CCON1C[C@@H](SC(C)=O)C(=C=O)[C@H]1CCc1ccccn1. The number of nitrogens with zero attached hydrogens (tertiary/aromatic N) is 2. The van der Waals surface area contributed by atoms with Gasteiger partial charge in [0.25, 0.3) is 0 Å². The van der Waals surface area contributed by atoms with E-state index in [4.69, 9.17) is 4.84 Å². The zero-order valence-corrected chi connectivity index (χ0v) is 13.9. The fraction of sp³-hybridized carbons (Fsp3) is 0.412. The number of hydrogen-bond donors (Lipinski definition) is 0. The fourth-order valence-electron chi connectivity index (χ4n) is 2.61. The highest BCUT2D eigenvalue weighted by Crippen LogP contribution is 2.33. The van der Waals surface area contributed by atoms with Crippen LogP contribution in [0.3, 0.4) is 0 Å². The van der Waals surface area contributed by atoms with E-state index in [-0.39, 0.29) is 16.4 Å². The first-order chi connectivity index (χ1) is 11.2. The second-order valence-electron chi connectivity index (χ2n) is 5.22. The Morgan fingerprint density at radius 2 is 2.43 bits per heavy atom. The van der Waals surface area contributed by atoms with E-state index in [9.17, 15) is 9.59 Å². The molecular weight excluding hydrogens is 312 g/mol. The highest BCUT2D eigenvalue weighted by atomic mass is 32.2. The second-order valence-corrected chi connectivity index (χ2v) is 6.59. The summed E-state index contributed by atoms with van der Waals surface area (Å²) < 4.78 is 0. The van der Waals surface area contributed by atoms with Gasteiger partial charge in [-0.2, -0.15) is 5.06 Å². The van der Waals surface area contributed by atoms with Crippen molar-refractivity contribution in [3.05, 3.63) is 48.3 Å². The minimum atomic E-state index is -0.205. The normalized spacial score (nSPS) is 21.2. The summed E-state index contributed by atoms with van der Waals surface area (Å²) in [5.41, 5.74) is 1.55. The molecule has 1 aromatic heterocycles. The maximum absolute atomic E-state index is 11.4. The Morgan fingerprint density at radius 3 is 3.04 bits per heavy atom. The highest BCUT2D eigenvalue weighted by molar-refractivity contribution is 8.14. The number of pyridine rings is 1. The molecule has 0 unspecified atom stereocenters. The number of aromatic nitrogens is 1. The van der Waals surface area contributed by atoms with Crippen LogP contribution in [0, 0.1) is 0 Å². The first kappa shape index (κ1) is 17.6. The lowest BCUT2D eigenvalue weighted by molar-refractivity contribution is -0.154. The third-order valence-corrected chi connectivity index (χ3v) is 4.60. The summed E-state index contributed by atoms with van der Waals surface area (Å²) >= 11 is 1.16. The maximum atomic E-state index is 11.4. The molecule has 23 heavy (non-hydrogen) atoms. The smallest absolute Gasteiger partial charge is 0.186 e. The van der Waals surface area contributed by atoms with Crippen LogP contribution in [0.15, 0.2) is 42.6 Å². The minimum Gasteiger partial charge on any atom is -0.294 e. The zero-order chi connectivity index (χ0) is 16.7. The Morgan fingerprint density at radius 1 is 1.61 bits per heavy atom. The number of carbonyl (C=O) groups is 1. The molecule has 0 saturated carbocycles.